The zero-order chi connectivity index (χ0) is 16.5. The molecule has 0 saturated carbocycles. The average molecular weight is 340 g/mol. The number of hydrogen-bond acceptors (Lipinski definition) is 3. The van der Waals surface area contributed by atoms with Crippen molar-refractivity contribution < 1.29 is 0 Å². The summed E-state index contributed by atoms with van der Waals surface area (Å²) in [6.07, 6.45) is 6.87. The van der Waals surface area contributed by atoms with Crippen molar-refractivity contribution in [3.63, 3.8) is 0 Å². The number of aromatic amines is 1. The van der Waals surface area contributed by atoms with E-state index in [1.54, 1.807) is 0 Å². The van der Waals surface area contributed by atoms with Crippen molar-refractivity contribution in [1.82, 2.24) is 9.97 Å². The quantitative estimate of drug-likeness (QED) is 0.698. The minimum atomic E-state index is 0.499. The van der Waals surface area contributed by atoms with E-state index in [1.165, 1.54) is 58.1 Å². The third kappa shape index (κ3) is 2.95. The molecule has 0 radical (unpaired) electrons. The molecule has 4 rings (SSSR count). The van der Waals surface area contributed by atoms with Gasteiger partial charge in [-0.3, -0.25) is 0 Å². The van der Waals surface area contributed by atoms with Gasteiger partial charge in [0.05, 0.1) is 10.7 Å². The molecule has 4 heteroatoms. The average Bonchev–Trinajstić information content (AvgIpc) is 3.31. The molecular weight excluding hydrogens is 314 g/mol. The zero-order valence-corrected chi connectivity index (χ0v) is 15.3. The number of hydrogen-bond donors (Lipinski definition) is 1. The fourth-order valence-corrected chi connectivity index (χ4v) is 4.85. The normalized spacial score (nSPS) is 15.0. The lowest BCUT2D eigenvalue weighted by molar-refractivity contribution is 0.806. The van der Waals surface area contributed by atoms with Crippen LogP contribution >= 0.6 is 11.3 Å². The lowest BCUT2D eigenvalue weighted by Gasteiger charge is -2.17. The number of para-hydroxylation sites is 1. The molecular formula is C20H25N3S. The van der Waals surface area contributed by atoms with Gasteiger partial charge in [-0.05, 0) is 36.8 Å². The zero-order valence-electron chi connectivity index (χ0n) is 14.5. The largest absolute Gasteiger partial charge is 0.362 e. The Morgan fingerprint density at radius 3 is 2.75 bits per heavy atom. The van der Waals surface area contributed by atoms with E-state index in [1.807, 2.05) is 11.3 Å². The van der Waals surface area contributed by atoms with Crippen LogP contribution in [0.15, 0.2) is 30.5 Å². The van der Waals surface area contributed by atoms with Crippen LogP contribution in [-0.4, -0.2) is 23.1 Å². The number of nitrogens with zero attached hydrogens (tertiary/aromatic N) is 2. The molecule has 3 nitrogen and oxygen atoms in total. The Morgan fingerprint density at radius 2 is 1.96 bits per heavy atom. The minimum absolute atomic E-state index is 0.499. The van der Waals surface area contributed by atoms with Gasteiger partial charge in [0, 0.05) is 36.6 Å². The molecule has 0 bridgehead atoms. The Balaban J connectivity index is 1.55. The molecule has 0 aliphatic carbocycles. The highest BCUT2D eigenvalue weighted by Crippen LogP contribution is 2.36. The van der Waals surface area contributed by atoms with Crippen LogP contribution < -0.4 is 4.90 Å². The molecule has 0 unspecified atom stereocenters. The monoisotopic (exact) mass is 339 g/mol. The molecule has 3 aromatic rings. The molecule has 0 amide bonds. The number of nitrogens with one attached hydrogen (secondary N) is 1. The Morgan fingerprint density at radius 1 is 1.17 bits per heavy atom. The van der Waals surface area contributed by atoms with Crippen molar-refractivity contribution >= 4 is 27.2 Å². The Bertz CT molecular complexity index is 824. The van der Waals surface area contributed by atoms with E-state index in [-0.39, 0.29) is 0 Å². The van der Waals surface area contributed by atoms with Crippen LogP contribution in [-0.2, 0) is 12.8 Å². The van der Waals surface area contributed by atoms with E-state index in [9.17, 15) is 0 Å². The summed E-state index contributed by atoms with van der Waals surface area (Å²) in [7, 11) is 0. The summed E-state index contributed by atoms with van der Waals surface area (Å²) in [6.45, 7) is 6.92. The molecule has 0 spiro atoms. The first-order chi connectivity index (χ1) is 11.7. The Hall–Kier alpha value is -1.81. The third-order valence-corrected chi connectivity index (χ3v) is 6.09. The highest BCUT2D eigenvalue weighted by atomic mass is 32.1. The molecule has 126 valence electrons. The number of aryl methyl sites for hydroxylation is 2. The van der Waals surface area contributed by atoms with Gasteiger partial charge < -0.3 is 9.88 Å². The van der Waals surface area contributed by atoms with Crippen LogP contribution in [0.5, 0.6) is 0 Å². The van der Waals surface area contributed by atoms with Crippen molar-refractivity contribution in [2.24, 2.45) is 0 Å². The fraction of sp³-hybridized carbons (Fsp3) is 0.450. The lowest BCUT2D eigenvalue weighted by atomic mass is 10.1. The highest BCUT2D eigenvalue weighted by Gasteiger charge is 2.22. The standard InChI is InChI=1S/C20H25N3S/c1-14(2)19-20(23-11-5-6-12-23)24-18(22-19)10-9-15-13-21-17-8-4-3-7-16(15)17/h3-4,7-8,13-14,21H,5-6,9-12H2,1-2H3. The molecule has 24 heavy (non-hydrogen) atoms. The number of aromatic nitrogens is 2. The summed E-state index contributed by atoms with van der Waals surface area (Å²) in [5.74, 6) is 0.499. The number of thiazole rings is 1. The van der Waals surface area contributed by atoms with Crippen LogP contribution in [0.1, 0.15) is 48.9 Å². The highest BCUT2D eigenvalue weighted by molar-refractivity contribution is 7.15. The maximum Gasteiger partial charge on any atom is 0.115 e. The predicted octanol–water partition coefficient (Wildman–Crippen LogP) is 5.13. The molecule has 1 aliphatic heterocycles. The van der Waals surface area contributed by atoms with Gasteiger partial charge in [-0.25, -0.2) is 4.98 Å². The number of anilines is 1. The summed E-state index contributed by atoms with van der Waals surface area (Å²) in [5, 5.41) is 4.06. The van der Waals surface area contributed by atoms with E-state index in [0.29, 0.717) is 5.92 Å². The number of H-pyrrole nitrogens is 1. The van der Waals surface area contributed by atoms with Gasteiger partial charge in [0.2, 0.25) is 0 Å². The fourth-order valence-electron chi connectivity index (χ4n) is 3.58. The van der Waals surface area contributed by atoms with Crippen LogP contribution in [0.3, 0.4) is 0 Å². The molecule has 3 heterocycles. The van der Waals surface area contributed by atoms with Gasteiger partial charge in [0.1, 0.15) is 5.00 Å². The van der Waals surface area contributed by atoms with Gasteiger partial charge in [0.15, 0.2) is 0 Å². The minimum Gasteiger partial charge on any atom is -0.362 e. The van der Waals surface area contributed by atoms with Crippen molar-refractivity contribution in [2.45, 2.75) is 45.4 Å². The Kier molecular flexibility index (Phi) is 4.31. The van der Waals surface area contributed by atoms with Crippen molar-refractivity contribution in [3.8, 4) is 0 Å². The number of benzene rings is 1. The molecule has 0 atom stereocenters. The second-order valence-electron chi connectivity index (χ2n) is 7.01. The topological polar surface area (TPSA) is 31.9 Å². The lowest BCUT2D eigenvalue weighted by Crippen LogP contribution is -2.18. The van der Waals surface area contributed by atoms with Gasteiger partial charge in [0.25, 0.3) is 0 Å². The van der Waals surface area contributed by atoms with Crippen molar-refractivity contribution in [2.75, 3.05) is 18.0 Å². The van der Waals surface area contributed by atoms with Gasteiger partial charge in [-0.1, -0.05) is 32.0 Å². The molecule has 1 aromatic carbocycles. The van der Waals surface area contributed by atoms with Crippen molar-refractivity contribution in [1.29, 1.82) is 0 Å². The van der Waals surface area contributed by atoms with Crippen LogP contribution in [0, 0.1) is 0 Å². The summed E-state index contributed by atoms with van der Waals surface area (Å²) in [6, 6.07) is 8.55. The predicted molar refractivity (Wildman–Crippen MR) is 103 cm³/mol. The van der Waals surface area contributed by atoms with E-state index in [4.69, 9.17) is 4.98 Å². The molecule has 1 saturated heterocycles. The van der Waals surface area contributed by atoms with Gasteiger partial charge >= 0.3 is 0 Å². The van der Waals surface area contributed by atoms with Crippen LogP contribution in [0.25, 0.3) is 10.9 Å². The maximum atomic E-state index is 5.00. The summed E-state index contributed by atoms with van der Waals surface area (Å²) < 4.78 is 0. The first-order valence-corrected chi connectivity index (χ1v) is 9.83. The summed E-state index contributed by atoms with van der Waals surface area (Å²) in [5.41, 5.74) is 3.93. The first-order valence-electron chi connectivity index (χ1n) is 9.02. The van der Waals surface area contributed by atoms with Crippen LogP contribution in [0.2, 0.25) is 0 Å². The summed E-state index contributed by atoms with van der Waals surface area (Å²) >= 11 is 1.92. The molecule has 1 fully saturated rings. The number of fused-ring (bicyclic) bond motifs is 1. The van der Waals surface area contributed by atoms with Crippen LogP contribution in [0.4, 0.5) is 5.00 Å². The third-order valence-electron chi connectivity index (χ3n) is 4.90. The Labute approximate surface area is 147 Å². The second-order valence-corrected chi connectivity index (χ2v) is 8.07. The van der Waals surface area contributed by atoms with Gasteiger partial charge in [-0.15, -0.1) is 11.3 Å². The van der Waals surface area contributed by atoms with E-state index < -0.39 is 0 Å². The first kappa shape index (κ1) is 15.7. The molecule has 1 N–H and O–H groups in total. The number of rotatable bonds is 5. The van der Waals surface area contributed by atoms with E-state index in [0.717, 1.165) is 12.8 Å². The SMILES string of the molecule is CC(C)c1nc(CCc2c[nH]c3ccccc23)sc1N1CCCC1. The van der Waals surface area contributed by atoms with Crippen molar-refractivity contribution in [3.05, 3.63) is 46.7 Å². The van der Waals surface area contributed by atoms with E-state index >= 15 is 0 Å². The maximum absolute atomic E-state index is 5.00. The van der Waals surface area contributed by atoms with Gasteiger partial charge in [-0.2, -0.15) is 0 Å². The molecule has 1 aliphatic rings. The second kappa shape index (κ2) is 6.60. The van der Waals surface area contributed by atoms with E-state index in [2.05, 4.69) is 54.2 Å². The molecule has 2 aromatic heterocycles. The smallest absolute Gasteiger partial charge is 0.115 e. The summed E-state index contributed by atoms with van der Waals surface area (Å²) in [4.78, 5) is 10.9.